The maximum absolute atomic E-state index is 12.3. The number of benzene rings is 2. The minimum atomic E-state index is -0.789. The zero-order valence-electron chi connectivity index (χ0n) is 18.7. The molecule has 0 aliphatic rings. The molecule has 3 aromatic rings. The SMILES string of the molecule is CCc1ccc(C(C)NC(=O)COC(=O)c2ccc(=O)n(CCOc3ccccc3)n2)cc1. The molecule has 0 saturated heterocycles. The van der Waals surface area contributed by atoms with Crippen LogP contribution in [0.2, 0.25) is 0 Å². The molecule has 1 N–H and O–H groups in total. The van der Waals surface area contributed by atoms with E-state index in [4.69, 9.17) is 9.47 Å². The topological polar surface area (TPSA) is 99.5 Å². The van der Waals surface area contributed by atoms with Crippen LogP contribution in [-0.4, -0.2) is 34.9 Å². The van der Waals surface area contributed by atoms with E-state index < -0.39 is 18.5 Å². The second-order valence-corrected chi connectivity index (χ2v) is 7.40. The van der Waals surface area contributed by atoms with Crippen LogP contribution in [0.4, 0.5) is 0 Å². The number of amides is 1. The summed E-state index contributed by atoms with van der Waals surface area (Å²) in [7, 11) is 0. The number of ether oxygens (including phenoxy) is 2. The average Bonchev–Trinajstić information content (AvgIpc) is 2.84. The Labute approximate surface area is 192 Å². The highest BCUT2D eigenvalue weighted by molar-refractivity contribution is 5.89. The molecular weight excluding hydrogens is 422 g/mol. The third kappa shape index (κ3) is 7.03. The van der Waals surface area contributed by atoms with E-state index in [0.717, 1.165) is 16.7 Å². The van der Waals surface area contributed by atoms with Gasteiger partial charge in [-0.25, -0.2) is 9.48 Å². The van der Waals surface area contributed by atoms with Gasteiger partial charge in [0, 0.05) is 6.07 Å². The summed E-state index contributed by atoms with van der Waals surface area (Å²) < 4.78 is 11.8. The van der Waals surface area contributed by atoms with Gasteiger partial charge in [-0.2, -0.15) is 5.10 Å². The molecule has 8 heteroatoms. The zero-order valence-corrected chi connectivity index (χ0v) is 18.7. The zero-order chi connectivity index (χ0) is 23.6. The van der Waals surface area contributed by atoms with Gasteiger partial charge >= 0.3 is 5.97 Å². The van der Waals surface area contributed by atoms with Crippen molar-refractivity contribution < 1.29 is 19.1 Å². The molecule has 0 radical (unpaired) electrons. The Hall–Kier alpha value is -3.94. The van der Waals surface area contributed by atoms with Gasteiger partial charge in [0.25, 0.3) is 11.5 Å². The van der Waals surface area contributed by atoms with Crippen LogP contribution in [0.1, 0.15) is 41.5 Å². The lowest BCUT2D eigenvalue weighted by Crippen LogP contribution is -2.32. The monoisotopic (exact) mass is 449 g/mol. The first kappa shape index (κ1) is 23.7. The van der Waals surface area contributed by atoms with Crippen LogP contribution in [-0.2, 0) is 22.5 Å². The largest absolute Gasteiger partial charge is 0.492 e. The Kier molecular flexibility index (Phi) is 8.35. The third-order valence-corrected chi connectivity index (χ3v) is 4.99. The van der Waals surface area contributed by atoms with Gasteiger partial charge in [-0.3, -0.25) is 9.59 Å². The number of carbonyl (C=O) groups excluding carboxylic acids is 2. The Bertz CT molecular complexity index is 1130. The molecule has 2 aromatic carbocycles. The molecule has 0 bridgehead atoms. The summed E-state index contributed by atoms with van der Waals surface area (Å²) in [5.41, 5.74) is 1.74. The molecule has 0 aliphatic carbocycles. The number of hydrogen-bond donors (Lipinski definition) is 1. The number of aryl methyl sites for hydroxylation is 1. The number of hydrogen-bond acceptors (Lipinski definition) is 6. The van der Waals surface area contributed by atoms with Crippen molar-refractivity contribution in [3.63, 3.8) is 0 Å². The summed E-state index contributed by atoms with van der Waals surface area (Å²) in [5, 5.41) is 6.82. The Morgan fingerprint density at radius 2 is 1.76 bits per heavy atom. The van der Waals surface area contributed by atoms with Crippen molar-refractivity contribution in [2.45, 2.75) is 32.9 Å². The standard InChI is InChI=1S/C25H27N3O5/c1-3-19-9-11-20(12-10-19)18(2)26-23(29)17-33-25(31)22-13-14-24(30)28(27-22)15-16-32-21-7-5-4-6-8-21/h4-14,18H,3,15-17H2,1-2H3,(H,26,29). The Balaban J connectivity index is 1.50. The van der Waals surface area contributed by atoms with E-state index in [1.54, 1.807) is 12.1 Å². The fraction of sp³-hybridized carbons (Fsp3) is 0.280. The highest BCUT2D eigenvalue weighted by atomic mass is 16.5. The van der Waals surface area contributed by atoms with Crippen molar-refractivity contribution in [1.82, 2.24) is 15.1 Å². The normalized spacial score (nSPS) is 11.5. The van der Waals surface area contributed by atoms with Crippen LogP contribution in [0.25, 0.3) is 0 Å². The van der Waals surface area contributed by atoms with Crippen molar-refractivity contribution in [3.05, 3.63) is 93.9 Å². The van der Waals surface area contributed by atoms with Crippen LogP contribution in [0.3, 0.4) is 0 Å². The van der Waals surface area contributed by atoms with Crippen molar-refractivity contribution >= 4 is 11.9 Å². The number of nitrogens with one attached hydrogen (secondary N) is 1. The predicted molar refractivity (Wildman–Crippen MR) is 123 cm³/mol. The minimum Gasteiger partial charge on any atom is -0.492 e. The van der Waals surface area contributed by atoms with Crippen LogP contribution in [0, 0.1) is 0 Å². The highest BCUT2D eigenvalue weighted by Crippen LogP contribution is 2.13. The van der Waals surface area contributed by atoms with Gasteiger partial charge in [-0.15, -0.1) is 0 Å². The fourth-order valence-electron chi connectivity index (χ4n) is 3.10. The number of rotatable bonds is 10. The maximum atomic E-state index is 12.3. The molecule has 1 heterocycles. The first-order valence-corrected chi connectivity index (χ1v) is 10.8. The number of esters is 1. The molecule has 0 saturated carbocycles. The quantitative estimate of drug-likeness (QED) is 0.478. The van der Waals surface area contributed by atoms with Crippen LogP contribution < -0.4 is 15.6 Å². The molecule has 0 fully saturated rings. The molecule has 8 nitrogen and oxygen atoms in total. The van der Waals surface area contributed by atoms with Crippen molar-refractivity contribution in [2.75, 3.05) is 13.2 Å². The Morgan fingerprint density at radius 1 is 1.03 bits per heavy atom. The molecule has 172 valence electrons. The summed E-state index contributed by atoms with van der Waals surface area (Å²) in [6.07, 6.45) is 0.943. The molecule has 0 aliphatic heterocycles. The predicted octanol–water partition coefficient (Wildman–Crippen LogP) is 2.92. The summed E-state index contributed by atoms with van der Waals surface area (Å²) in [4.78, 5) is 36.6. The number of aromatic nitrogens is 2. The molecule has 1 atom stereocenters. The lowest BCUT2D eigenvalue weighted by Gasteiger charge is -2.15. The van der Waals surface area contributed by atoms with Gasteiger partial charge in [0.05, 0.1) is 12.6 Å². The number of nitrogens with zero attached hydrogens (tertiary/aromatic N) is 2. The molecule has 3 rings (SSSR count). The van der Waals surface area contributed by atoms with Crippen molar-refractivity contribution in [1.29, 1.82) is 0 Å². The van der Waals surface area contributed by atoms with Gasteiger partial charge in [0.15, 0.2) is 12.3 Å². The Morgan fingerprint density at radius 3 is 2.45 bits per heavy atom. The van der Waals surface area contributed by atoms with Crippen molar-refractivity contribution in [2.24, 2.45) is 0 Å². The number of carbonyl (C=O) groups is 2. The fourth-order valence-corrected chi connectivity index (χ4v) is 3.10. The molecule has 1 amide bonds. The van der Waals surface area contributed by atoms with Gasteiger partial charge in [-0.05, 0) is 42.7 Å². The van der Waals surface area contributed by atoms with Crippen LogP contribution >= 0.6 is 0 Å². The summed E-state index contributed by atoms with van der Waals surface area (Å²) >= 11 is 0. The van der Waals surface area contributed by atoms with E-state index in [1.807, 2.05) is 49.4 Å². The van der Waals surface area contributed by atoms with Gasteiger partial charge in [0.1, 0.15) is 12.4 Å². The minimum absolute atomic E-state index is 0.0645. The van der Waals surface area contributed by atoms with Crippen molar-refractivity contribution in [3.8, 4) is 5.75 Å². The number of para-hydroxylation sites is 1. The summed E-state index contributed by atoms with van der Waals surface area (Å²) in [5.74, 6) is -0.550. The van der Waals surface area contributed by atoms with Crippen LogP contribution in [0.5, 0.6) is 5.75 Å². The maximum Gasteiger partial charge on any atom is 0.359 e. The van der Waals surface area contributed by atoms with E-state index in [9.17, 15) is 14.4 Å². The molecule has 33 heavy (non-hydrogen) atoms. The van der Waals surface area contributed by atoms with E-state index in [2.05, 4.69) is 17.3 Å². The first-order chi connectivity index (χ1) is 16.0. The lowest BCUT2D eigenvalue weighted by atomic mass is 10.1. The van der Waals surface area contributed by atoms with E-state index >= 15 is 0 Å². The first-order valence-electron chi connectivity index (χ1n) is 10.8. The second kappa shape index (κ2) is 11.6. The second-order valence-electron chi connectivity index (χ2n) is 7.40. The molecule has 0 spiro atoms. The smallest absolute Gasteiger partial charge is 0.359 e. The summed E-state index contributed by atoms with van der Waals surface area (Å²) in [6, 6.07) is 19.4. The van der Waals surface area contributed by atoms with Gasteiger partial charge in [0.2, 0.25) is 0 Å². The van der Waals surface area contributed by atoms with Gasteiger partial charge in [-0.1, -0.05) is 49.4 Å². The molecule has 1 unspecified atom stereocenters. The van der Waals surface area contributed by atoms with E-state index in [0.29, 0.717) is 5.75 Å². The summed E-state index contributed by atoms with van der Waals surface area (Å²) in [6.45, 7) is 3.84. The third-order valence-electron chi connectivity index (χ3n) is 4.99. The molecule has 1 aromatic heterocycles. The molecular formula is C25H27N3O5. The van der Waals surface area contributed by atoms with Gasteiger partial charge < -0.3 is 14.8 Å². The van der Waals surface area contributed by atoms with E-state index in [1.165, 1.54) is 17.7 Å². The average molecular weight is 450 g/mol. The van der Waals surface area contributed by atoms with Crippen LogP contribution in [0.15, 0.2) is 71.5 Å². The highest BCUT2D eigenvalue weighted by Gasteiger charge is 2.15. The lowest BCUT2D eigenvalue weighted by molar-refractivity contribution is -0.124. The van der Waals surface area contributed by atoms with E-state index in [-0.39, 0.29) is 30.4 Å².